The first-order chi connectivity index (χ1) is 14.6. The van der Waals surface area contributed by atoms with Crippen molar-refractivity contribution in [1.29, 1.82) is 0 Å². The van der Waals surface area contributed by atoms with Crippen LogP contribution in [0.2, 0.25) is 0 Å². The number of nitrogens with zero attached hydrogens (tertiary/aromatic N) is 4. The van der Waals surface area contributed by atoms with E-state index in [1.165, 1.54) is 0 Å². The summed E-state index contributed by atoms with van der Waals surface area (Å²) in [6, 6.07) is 8.07. The maximum absolute atomic E-state index is 12.5. The van der Waals surface area contributed by atoms with Gasteiger partial charge in [0.05, 0.1) is 7.11 Å². The summed E-state index contributed by atoms with van der Waals surface area (Å²) < 4.78 is 10.6. The number of hydrogen-bond donors (Lipinski definition) is 1. The fourth-order valence-corrected chi connectivity index (χ4v) is 3.73. The van der Waals surface area contributed by atoms with E-state index in [2.05, 4.69) is 39.1 Å². The molecule has 3 rings (SSSR count). The number of hydrogen-bond acceptors (Lipinski definition) is 7. The highest BCUT2D eigenvalue weighted by Gasteiger charge is 2.27. The first-order valence-electron chi connectivity index (χ1n) is 10.9. The third kappa shape index (κ3) is 5.72. The van der Waals surface area contributed by atoms with Gasteiger partial charge in [0.25, 0.3) is 0 Å². The van der Waals surface area contributed by atoms with Crippen LogP contribution in [0.15, 0.2) is 28.8 Å². The Kier molecular flexibility index (Phi) is 8.07. The second-order valence-corrected chi connectivity index (χ2v) is 7.56. The van der Waals surface area contributed by atoms with E-state index in [0.29, 0.717) is 11.8 Å². The van der Waals surface area contributed by atoms with Crippen molar-refractivity contribution in [3.05, 3.63) is 24.3 Å². The molecule has 1 aromatic carbocycles. The minimum Gasteiger partial charge on any atom is -0.497 e. The molecule has 0 bridgehead atoms. The smallest absolute Gasteiger partial charge is 0.324 e. The Morgan fingerprint density at radius 3 is 2.57 bits per heavy atom. The van der Waals surface area contributed by atoms with Crippen LogP contribution >= 0.6 is 0 Å². The average Bonchev–Trinajstić information content (AvgIpc) is 3.29. The molecule has 0 spiro atoms. The maximum Gasteiger partial charge on any atom is 0.324 e. The van der Waals surface area contributed by atoms with Crippen LogP contribution in [0.25, 0.3) is 11.4 Å². The van der Waals surface area contributed by atoms with E-state index in [0.717, 1.165) is 69.8 Å². The summed E-state index contributed by atoms with van der Waals surface area (Å²) in [4.78, 5) is 21.4. The third-order valence-corrected chi connectivity index (χ3v) is 5.74. The Labute approximate surface area is 178 Å². The first kappa shape index (κ1) is 22.1. The highest BCUT2D eigenvalue weighted by atomic mass is 16.5. The molecule has 0 aliphatic carbocycles. The van der Waals surface area contributed by atoms with Gasteiger partial charge in [0.2, 0.25) is 11.7 Å². The zero-order chi connectivity index (χ0) is 21.3. The van der Waals surface area contributed by atoms with Gasteiger partial charge in [-0.15, -0.1) is 0 Å². The van der Waals surface area contributed by atoms with Crippen molar-refractivity contribution in [3.63, 3.8) is 0 Å². The van der Waals surface area contributed by atoms with Crippen LogP contribution in [0.4, 0.5) is 6.01 Å². The molecule has 0 atom stereocenters. The van der Waals surface area contributed by atoms with Crippen molar-refractivity contribution in [2.24, 2.45) is 5.92 Å². The fourth-order valence-electron chi connectivity index (χ4n) is 3.73. The van der Waals surface area contributed by atoms with Crippen molar-refractivity contribution < 1.29 is 14.1 Å². The molecule has 1 aromatic heterocycles. The topological polar surface area (TPSA) is 83.7 Å². The summed E-state index contributed by atoms with van der Waals surface area (Å²) >= 11 is 0. The number of methoxy groups -OCH3 is 1. The average molecular weight is 416 g/mol. The molecule has 1 fully saturated rings. The number of aromatic nitrogens is 2. The zero-order valence-electron chi connectivity index (χ0n) is 18.3. The van der Waals surface area contributed by atoms with Crippen LogP contribution in [0, 0.1) is 5.92 Å². The largest absolute Gasteiger partial charge is 0.497 e. The number of ether oxygens (including phenoxy) is 1. The van der Waals surface area contributed by atoms with Crippen LogP contribution in [0.5, 0.6) is 5.75 Å². The van der Waals surface area contributed by atoms with Crippen LogP contribution in [-0.4, -0.2) is 67.3 Å². The highest BCUT2D eigenvalue weighted by molar-refractivity contribution is 5.78. The van der Waals surface area contributed by atoms with E-state index < -0.39 is 0 Å². The third-order valence-electron chi connectivity index (χ3n) is 5.74. The van der Waals surface area contributed by atoms with Crippen LogP contribution in [0.3, 0.4) is 0 Å². The molecule has 8 heteroatoms. The van der Waals surface area contributed by atoms with E-state index in [1.54, 1.807) is 7.11 Å². The minimum atomic E-state index is 0.0543. The molecule has 1 amide bonds. The number of amides is 1. The predicted octanol–water partition coefficient (Wildman–Crippen LogP) is 2.81. The zero-order valence-corrected chi connectivity index (χ0v) is 18.3. The highest BCUT2D eigenvalue weighted by Crippen LogP contribution is 2.25. The van der Waals surface area contributed by atoms with Gasteiger partial charge in [0, 0.05) is 31.1 Å². The van der Waals surface area contributed by atoms with Crippen molar-refractivity contribution in [1.82, 2.24) is 20.4 Å². The normalized spacial score (nSPS) is 14.9. The molecular formula is C22H33N5O3. The summed E-state index contributed by atoms with van der Waals surface area (Å²) in [5.74, 6) is 1.56. The Morgan fingerprint density at radius 1 is 1.23 bits per heavy atom. The molecule has 2 aromatic rings. The van der Waals surface area contributed by atoms with Gasteiger partial charge in [-0.05, 0) is 63.2 Å². The number of carbonyl (C=O) groups is 1. The van der Waals surface area contributed by atoms with E-state index in [1.807, 2.05) is 24.3 Å². The predicted molar refractivity (Wildman–Crippen MR) is 117 cm³/mol. The summed E-state index contributed by atoms with van der Waals surface area (Å²) in [7, 11) is 1.64. The standard InChI is InChI=1S/C22H33N5O3/c1-4-26(5-2)14-6-13-23-21(28)18-11-15-27(16-12-18)22-24-20(25-30-22)17-7-9-19(29-3)10-8-17/h7-10,18H,4-6,11-16H2,1-3H3,(H,23,28). The number of rotatable bonds is 10. The maximum atomic E-state index is 12.5. The molecule has 1 N–H and O–H groups in total. The molecule has 0 unspecified atom stereocenters. The number of carbonyl (C=O) groups excluding carboxylic acids is 1. The lowest BCUT2D eigenvalue weighted by Gasteiger charge is -2.29. The Morgan fingerprint density at radius 2 is 1.93 bits per heavy atom. The number of nitrogens with one attached hydrogen (secondary N) is 1. The molecule has 2 heterocycles. The van der Waals surface area contributed by atoms with Crippen LogP contribution < -0.4 is 15.0 Å². The van der Waals surface area contributed by atoms with E-state index in [-0.39, 0.29) is 11.8 Å². The van der Waals surface area contributed by atoms with Crippen molar-refractivity contribution in [2.75, 3.05) is 51.3 Å². The molecule has 0 radical (unpaired) electrons. The SMILES string of the molecule is CCN(CC)CCCNC(=O)C1CCN(c2nc(-c3ccc(OC)cc3)no2)CC1. The second-order valence-electron chi connectivity index (χ2n) is 7.56. The van der Waals surface area contributed by atoms with E-state index in [4.69, 9.17) is 9.26 Å². The van der Waals surface area contributed by atoms with Gasteiger partial charge >= 0.3 is 6.01 Å². The second kappa shape index (κ2) is 11.0. The number of piperidine rings is 1. The lowest BCUT2D eigenvalue weighted by molar-refractivity contribution is -0.125. The molecule has 8 nitrogen and oxygen atoms in total. The van der Waals surface area contributed by atoms with Crippen molar-refractivity contribution in [3.8, 4) is 17.1 Å². The van der Waals surface area contributed by atoms with Gasteiger partial charge in [-0.25, -0.2) is 0 Å². The Hall–Kier alpha value is -2.61. The fraction of sp³-hybridized carbons (Fsp3) is 0.591. The molecule has 30 heavy (non-hydrogen) atoms. The minimum absolute atomic E-state index is 0.0543. The quantitative estimate of drug-likeness (QED) is 0.597. The molecule has 1 aliphatic rings. The summed E-state index contributed by atoms with van der Waals surface area (Å²) in [6.45, 7) is 9.68. The van der Waals surface area contributed by atoms with Gasteiger partial charge in [-0.3, -0.25) is 4.79 Å². The van der Waals surface area contributed by atoms with Crippen molar-refractivity contribution in [2.45, 2.75) is 33.1 Å². The van der Waals surface area contributed by atoms with Gasteiger partial charge in [-0.2, -0.15) is 4.98 Å². The van der Waals surface area contributed by atoms with Crippen LogP contribution in [-0.2, 0) is 4.79 Å². The van der Waals surface area contributed by atoms with Gasteiger partial charge in [-0.1, -0.05) is 19.0 Å². The lowest BCUT2D eigenvalue weighted by atomic mass is 9.96. The molecule has 1 aliphatic heterocycles. The molecule has 0 saturated carbocycles. The van der Waals surface area contributed by atoms with E-state index >= 15 is 0 Å². The van der Waals surface area contributed by atoms with Gasteiger partial charge in [0.1, 0.15) is 5.75 Å². The molecular weight excluding hydrogens is 382 g/mol. The van der Waals surface area contributed by atoms with Gasteiger partial charge < -0.3 is 24.4 Å². The summed E-state index contributed by atoms with van der Waals surface area (Å²) in [6.07, 6.45) is 2.58. The lowest BCUT2D eigenvalue weighted by Crippen LogP contribution is -2.41. The number of anilines is 1. The van der Waals surface area contributed by atoms with Gasteiger partial charge in [0.15, 0.2) is 0 Å². The van der Waals surface area contributed by atoms with Crippen molar-refractivity contribution >= 4 is 11.9 Å². The van der Waals surface area contributed by atoms with E-state index in [9.17, 15) is 4.79 Å². The Balaban J connectivity index is 1.44. The van der Waals surface area contributed by atoms with Crippen LogP contribution in [0.1, 0.15) is 33.1 Å². The number of benzene rings is 1. The summed E-state index contributed by atoms with van der Waals surface area (Å²) in [5.41, 5.74) is 0.879. The first-order valence-corrected chi connectivity index (χ1v) is 10.9. The molecule has 164 valence electrons. The molecule has 1 saturated heterocycles. The Bertz CT molecular complexity index is 780. The summed E-state index contributed by atoms with van der Waals surface area (Å²) in [5, 5.41) is 7.20. The monoisotopic (exact) mass is 415 g/mol.